The molecule has 1 N–H and O–H groups in total. The van der Waals surface area contributed by atoms with Gasteiger partial charge in [-0.05, 0) is 38.1 Å². The lowest BCUT2D eigenvalue weighted by Crippen LogP contribution is -2.29. The van der Waals surface area contributed by atoms with Gasteiger partial charge in [0, 0.05) is 17.2 Å². The quantitative estimate of drug-likeness (QED) is 0.236. The van der Waals surface area contributed by atoms with E-state index in [0.29, 0.717) is 17.6 Å². The number of hydrogen-bond acceptors (Lipinski definition) is 5. The van der Waals surface area contributed by atoms with E-state index in [0.717, 1.165) is 15.2 Å². The van der Waals surface area contributed by atoms with Gasteiger partial charge in [-0.15, -0.1) is 11.8 Å². The molecule has 0 saturated carbocycles. The predicted octanol–water partition coefficient (Wildman–Crippen LogP) is 4.39. The Balaban J connectivity index is 1.49. The molecule has 0 aliphatic heterocycles. The van der Waals surface area contributed by atoms with Crippen LogP contribution in [-0.4, -0.2) is 40.1 Å². The van der Waals surface area contributed by atoms with Crippen LogP contribution in [0.5, 0.6) is 0 Å². The highest BCUT2D eigenvalue weighted by Gasteiger charge is 2.19. The summed E-state index contributed by atoms with van der Waals surface area (Å²) >= 11 is 1.64. The van der Waals surface area contributed by atoms with Crippen LogP contribution in [0.25, 0.3) is 11.0 Å². The van der Waals surface area contributed by atoms with Crippen molar-refractivity contribution in [1.29, 1.82) is 0 Å². The molecule has 6 nitrogen and oxygen atoms in total. The number of para-hydroxylation sites is 2. The molecule has 0 aliphatic rings. The van der Waals surface area contributed by atoms with Gasteiger partial charge in [-0.1, -0.05) is 35.0 Å². The number of aromatic nitrogens is 2. The molecular weight excluding hydrogens is 410 g/mol. The van der Waals surface area contributed by atoms with Crippen molar-refractivity contribution in [2.24, 2.45) is 5.16 Å². The Morgan fingerprint density at radius 1 is 1.23 bits per heavy atom. The van der Waals surface area contributed by atoms with E-state index >= 15 is 0 Å². The Morgan fingerprint density at radius 2 is 1.97 bits per heavy atom. The first-order chi connectivity index (χ1) is 14.5. The van der Waals surface area contributed by atoms with E-state index < -0.39 is 6.55 Å². The lowest BCUT2D eigenvalue weighted by Gasteiger charge is -2.08. The van der Waals surface area contributed by atoms with Gasteiger partial charge in [0.05, 0.1) is 11.0 Å². The van der Waals surface area contributed by atoms with Gasteiger partial charge >= 0.3 is 6.55 Å². The van der Waals surface area contributed by atoms with E-state index in [2.05, 4.69) is 15.5 Å². The number of carbonyl (C=O) groups is 1. The number of rotatable bonds is 9. The summed E-state index contributed by atoms with van der Waals surface area (Å²) in [5.41, 5.74) is 2.10. The van der Waals surface area contributed by atoms with Gasteiger partial charge in [0.2, 0.25) is 0 Å². The maximum Gasteiger partial charge on any atom is 0.320 e. The van der Waals surface area contributed by atoms with Crippen LogP contribution < -0.4 is 5.32 Å². The maximum absolute atomic E-state index is 13.5. The van der Waals surface area contributed by atoms with E-state index in [4.69, 9.17) is 4.84 Å². The fourth-order valence-corrected chi connectivity index (χ4v) is 3.54. The third kappa shape index (κ3) is 5.56. The molecule has 1 heterocycles. The van der Waals surface area contributed by atoms with Gasteiger partial charge in [-0.25, -0.2) is 4.98 Å². The van der Waals surface area contributed by atoms with Crippen molar-refractivity contribution in [3.8, 4) is 0 Å². The molecule has 9 heteroatoms. The summed E-state index contributed by atoms with van der Waals surface area (Å²) in [6, 6.07) is 14.7. The highest BCUT2D eigenvalue weighted by molar-refractivity contribution is 7.99. The van der Waals surface area contributed by atoms with Gasteiger partial charge in [0.1, 0.15) is 5.71 Å². The lowest BCUT2D eigenvalue weighted by atomic mass is 10.2. The number of aryl methyl sites for hydroxylation is 1. The lowest BCUT2D eigenvalue weighted by molar-refractivity contribution is -0.125. The second-order valence-electron chi connectivity index (χ2n) is 6.53. The zero-order valence-corrected chi connectivity index (χ0v) is 17.5. The summed E-state index contributed by atoms with van der Waals surface area (Å²) in [6.07, 6.45) is 0. The normalized spacial score (nSPS) is 11.8. The number of benzene rings is 2. The Kier molecular flexibility index (Phi) is 7.40. The SMILES string of the molecule is C/C(=N/OCC(=O)NCCSc1ccc(C)cc1)c1nc2ccccc2n1C(F)F. The fraction of sp³-hybridized carbons (Fsp3) is 0.286. The minimum Gasteiger partial charge on any atom is -0.385 e. The molecule has 3 rings (SSSR count). The number of nitrogens with one attached hydrogen (secondary N) is 1. The number of hydrogen-bond donors (Lipinski definition) is 1. The van der Waals surface area contributed by atoms with Gasteiger partial charge in [0.15, 0.2) is 12.4 Å². The average molecular weight is 432 g/mol. The Morgan fingerprint density at radius 3 is 2.70 bits per heavy atom. The summed E-state index contributed by atoms with van der Waals surface area (Å²) in [7, 11) is 0. The van der Waals surface area contributed by atoms with Crippen molar-refractivity contribution < 1.29 is 18.4 Å². The molecule has 0 fully saturated rings. The molecule has 0 spiro atoms. The van der Waals surface area contributed by atoms with Crippen LogP contribution in [0.1, 0.15) is 24.9 Å². The molecule has 158 valence electrons. The van der Waals surface area contributed by atoms with Crippen molar-refractivity contribution >= 4 is 34.4 Å². The molecule has 0 radical (unpaired) electrons. The molecule has 0 atom stereocenters. The molecule has 0 saturated heterocycles. The molecule has 2 aromatic carbocycles. The topological polar surface area (TPSA) is 68.5 Å². The van der Waals surface area contributed by atoms with Gasteiger partial charge < -0.3 is 10.2 Å². The summed E-state index contributed by atoms with van der Waals surface area (Å²) in [5, 5.41) is 6.52. The van der Waals surface area contributed by atoms with Crippen LogP contribution in [0.4, 0.5) is 8.78 Å². The van der Waals surface area contributed by atoms with Crippen molar-refractivity contribution in [1.82, 2.24) is 14.9 Å². The first kappa shape index (κ1) is 21.8. The average Bonchev–Trinajstić information content (AvgIpc) is 3.12. The first-order valence-electron chi connectivity index (χ1n) is 9.34. The van der Waals surface area contributed by atoms with Crippen LogP contribution in [0.2, 0.25) is 0 Å². The van der Waals surface area contributed by atoms with Gasteiger partial charge in [-0.3, -0.25) is 9.36 Å². The summed E-state index contributed by atoms with van der Waals surface area (Å²) in [5.74, 6) is 0.384. The standard InChI is InChI=1S/C21H22F2N4O2S/c1-14-7-9-16(10-8-14)30-12-11-24-19(28)13-29-26-15(2)20-25-17-5-3-4-6-18(17)27(20)21(22)23/h3-10,21H,11-13H2,1-2H3,(H,24,28)/b26-15-. The van der Waals surface area contributed by atoms with Crippen molar-refractivity contribution in [2.45, 2.75) is 25.3 Å². The second-order valence-corrected chi connectivity index (χ2v) is 7.70. The van der Waals surface area contributed by atoms with E-state index in [1.807, 2.05) is 31.2 Å². The third-order valence-corrected chi connectivity index (χ3v) is 5.24. The number of thioether (sulfide) groups is 1. The monoisotopic (exact) mass is 432 g/mol. The number of imidazole rings is 1. The summed E-state index contributed by atoms with van der Waals surface area (Å²) in [6.45, 7) is 0.941. The van der Waals surface area contributed by atoms with Crippen molar-refractivity contribution in [3.63, 3.8) is 0 Å². The number of fused-ring (bicyclic) bond motifs is 1. The number of halogens is 2. The molecule has 1 amide bonds. The number of oxime groups is 1. The summed E-state index contributed by atoms with van der Waals surface area (Å²) in [4.78, 5) is 22.2. The second kappa shape index (κ2) is 10.2. The Hall–Kier alpha value is -2.94. The largest absolute Gasteiger partial charge is 0.385 e. The van der Waals surface area contributed by atoms with E-state index in [1.54, 1.807) is 36.0 Å². The fourth-order valence-electron chi connectivity index (χ4n) is 2.77. The van der Waals surface area contributed by atoms with E-state index in [-0.39, 0.29) is 24.1 Å². The zero-order valence-electron chi connectivity index (χ0n) is 16.6. The minimum atomic E-state index is -2.77. The highest BCUT2D eigenvalue weighted by Crippen LogP contribution is 2.23. The molecular formula is C21H22F2N4O2S. The third-order valence-electron chi connectivity index (χ3n) is 4.23. The Labute approximate surface area is 177 Å². The number of nitrogens with zero attached hydrogens (tertiary/aromatic N) is 3. The number of amides is 1. The van der Waals surface area contributed by atoms with Crippen molar-refractivity contribution in [2.75, 3.05) is 18.9 Å². The number of carbonyl (C=O) groups excluding carboxylic acids is 1. The van der Waals surface area contributed by atoms with Gasteiger partial charge in [-0.2, -0.15) is 8.78 Å². The van der Waals surface area contributed by atoms with Crippen LogP contribution >= 0.6 is 11.8 Å². The molecule has 1 aromatic heterocycles. The highest BCUT2D eigenvalue weighted by atomic mass is 32.2. The first-order valence-corrected chi connectivity index (χ1v) is 10.3. The van der Waals surface area contributed by atoms with E-state index in [1.165, 1.54) is 12.5 Å². The van der Waals surface area contributed by atoms with Crippen LogP contribution in [0, 0.1) is 6.92 Å². The van der Waals surface area contributed by atoms with Crippen LogP contribution in [-0.2, 0) is 9.63 Å². The molecule has 0 bridgehead atoms. The molecule has 0 aliphatic carbocycles. The predicted molar refractivity (Wildman–Crippen MR) is 114 cm³/mol. The smallest absolute Gasteiger partial charge is 0.320 e. The molecule has 0 unspecified atom stereocenters. The minimum absolute atomic E-state index is 0.00102. The van der Waals surface area contributed by atoms with Crippen LogP contribution in [0.3, 0.4) is 0 Å². The van der Waals surface area contributed by atoms with E-state index in [9.17, 15) is 13.6 Å². The summed E-state index contributed by atoms with van der Waals surface area (Å²) < 4.78 is 27.7. The maximum atomic E-state index is 13.5. The van der Waals surface area contributed by atoms with Crippen molar-refractivity contribution in [3.05, 3.63) is 59.9 Å². The Bertz CT molecular complexity index is 1040. The molecule has 30 heavy (non-hydrogen) atoms. The number of alkyl halides is 2. The zero-order chi connectivity index (χ0) is 21.5. The molecule has 3 aromatic rings. The van der Waals surface area contributed by atoms with Crippen LogP contribution in [0.15, 0.2) is 58.6 Å². The van der Waals surface area contributed by atoms with Gasteiger partial charge in [0.25, 0.3) is 5.91 Å².